The van der Waals surface area contributed by atoms with Crippen LogP contribution in [0.15, 0.2) is 12.7 Å². The zero-order valence-corrected chi connectivity index (χ0v) is 8.86. The number of carbonyl (C=O) groups is 3. The SMILES string of the molecule is C=CCC(=O)C1CCCN1C(=O)C(C)=O. The third-order valence-corrected chi connectivity index (χ3v) is 2.53. The molecule has 1 unspecified atom stereocenters. The molecule has 1 amide bonds. The maximum Gasteiger partial charge on any atom is 0.290 e. The van der Waals surface area contributed by atoms with Crippen molar-refractivity contribution >= 4 is 17.5 Å². The Morgan fingerprint density at radius 2 is 2.13 bits per heavy atom. The standard InChI is InChI=1S/C11H15NO3/c1-3-5-10(14)9-6-4-7-12(9)11(15)8(2)13/h3,9H,1,4-7H2,2H3. The average molecular weight is 209 g/mol. The number of hydrogen-bond acceptors (Lipinski definition) is 3. The number of carbonyl (C=O) groups excluding carboxylic acids is 3. The molecule has 1 rings (SSSR count). The summed E-state index contributed by atoms with van der Waals surface area (Å²) in [6.45, 7) is 5.22. The second-order valence-electron chi connectivity index (χ2n) is 3.67. The van der Waals surface area contributed by atoms with Crippen molar-refractivity contribution in [1.29, 1.82) is 0 Å². The van der Waals surface area contributed by atoms with E-state index in [0.29, 0.717) is 13.0 Å². The van der Waals surface area contributed by atoms with Gasteiger partial charge in [0.25, 0.3) is 5.91 Å². The van der Waals surface area contributed by atoms with E-state index in [4.69, 9.17) is 0 Å². The number of allylic oxidation sites excluding steroid dienone is 1. The lowest BCUT2D eigenvalue weighted by molar-refractivity contribution is -0.146. The Kier molecular flexibility index (Phi) is 3.77. The molecule has 0 aromatic heterocycles. The molecule has 1 aliphatic heterocycles. The van der Waals surface area contributed by atoms with Crippen LogP contribution in [0.25, 0.3) is 0 Å². The molecule has 1 heterocycles. The minimum atomic E-state index is -0.546. The number of rotatable bonds is 4. The van der Waals surface area contributed by atoms with Gasteiger partial charge in [0.2, 0.25) is 5.78 Å². The predicted octanol–water partition coefficient (Wildman–Crippen LogP) is 0.712. The van der Waals surface area contributed by atoms with E-state index in [1.807, 2.05) is 0 Å². The third-order valence-electron chi connectivity index (χ3n) is 2.53. The highest BCUT2D eigenvalue weighted by molar-refractivity contribution is 6.35. The van der Waals surface area contributed by atoms with E-state index >= 15 is 0 Å². The summed E-state index contributed by atoms with van der Waals surface area (Å²) in [5.74, 6) is -1.08. The molecular formula is C11H15NO3. The van der Waals surface area contributed by atoms with Crippen LogP contribution in [0.4, 0.5) is 0 Å². The summed E-state index contributed by atoms with van der Waals surface area (Å²) >= 11 is 0. The number of amides is 1. The van der Waals surface area contributed by atoms with Gasteiger partial charge in [0.15, 0.2) is 5.78 Å². The molecule has 15 heavy (non-hydrogen) atoms. The number of ketones is 2. The zero-order chi connectivity index (χ0) is 11.4. The largest absolute Gasteiger partial charge is 0.326 e. The van der Waals surface area contributed by atoms with E-state index in [0.717, 1.165) is 6.42 Å². The van der Waals surface area contributed by atoms with Crippen molar-refractivity contribution in [3.63, 3.8) is 0 Å². The van der Waals surface area contributed by atoms with E-state index in [9.17, 15) is 14.4 Å². The molecule has 4 heteroatoms. The smallest absolute Gasteiger partial charge is 0.290 e. The van der Waals surface area contributed by atoms with Crippen LogP contribution in [0, 0.1) is 0 Å². The summed E-state index contributed by atoms with van der Waals surface area (Å²) < 4.78 is 0. The van der Waals surface area contributed by atoms with Crippen LogP contribution in [0.2, 0.25) is 0 Å². The highest BCUT2D eigenvalue weighted by Gasteiger charge is 2.34. The number of Topliss-reactive ketones (excluding diaryl/α,β-unsaturated/α-hetero) is 2. The first-order valence-corrected chi connectivity index (χ1v) is 5.03. The third kappa shape index (κ3) is 2.52. The molecule has 4 nitrogen and oxygen atoms in total. The van der Waals surface area contributed by atoms with Crippen LogP contribution in [0.3, 0.4) is 0 Å². The highest BCUT2D eigenvalue weighted by atomic mass is 16.2. The lowest BCUT2D eigenvalue weighted by Crippen LogP contribution is -2.43. The van der Waals surface area contributed by atoms with Gasteiger partial charge in [-0.3, -0.25) is 14.4 Å². The van der Waals surface area contributed by atoms with E-state index in [-0.39, 0.29) is 12.2 Å². The Labute approximate surface area is 88.9 Å². The minimum Gasteiger partial charge on any atom is -0.326 e. The summed E-state index contributed by atoms with van der Waals surface area (Å²) in [6.07, 6.45) is 3.22. The van der Waals surface area contributed by atoms with Gasteiger partial charge < -0.3 is 4.90 Å². The fraction of sp³-hybridized carbons (Fsp3) is 0.545. The van der Waals surface area contributed by atoms with Crippen LogP contribution in [-0.4, -0.2) is 35.0 Å². The van der Waals surface area contributed by atoms with E-state index in [1.54, 1.807) is 0 Å². The molecular weight excluding hydrogens is 194 g/mol. The van der Waals surface area contributed by atoms with Crippen LogP contribution >= 0.6 is 0 Å². The fourth-order valence-electron chi connectivity index (χ4n) is 1.83. The molecule has 0 aliphatic carbocycles. The molecule has 1 saturated heterocycles. The first-order valence-electron chi connectivity index (χ1n) is 5.03. The quantitative estimate of drug-likeness (QED) is 0.506. The van der Waals surface area contributed by atoms with Crippen molar-refractivity contribution in [2.45, 2.75) is 32.2 Å². The van der Waals surface area contributed by atoms with Crippen LogP contribution < -0.4 is 0 Å². The Morgan fingerprint density at radius 1 is 1.47 bits per heavy atom. The van der Waals surface area contributed by atoms with Crippen molar-refractivity contribution in [2.75, 3.05) is 6.54 Å². The predicted molar refractivity (Wildman–Crippen MR) is 55.2 cm³/mol. The van der Waals surface area contributed by atoms with Gasteiger partial charge in [-0.2, -0.15) is 0 Å². The summed E-state index contributed by atoms with van der Waals surface area (Å²) in [4.78, 5) is 35.4. The second-order valence-corrected chi connectivity index (χ2v) is 3.67. The monoisotopic (exact) mass is 209 g/mol. The highest BCUT2D eigenvalue weighted by Crippen LogP contribution is 2.19. The number of nitrogens with zero attached hydrogens (tertiary/aromatic N) is 1. The van der Waals surface area contributed by atoms with E-state index in [1.165, 1.54) is 17.9 Å². The number of likely N-dealkylation sites (tertiary alicyclic amines) is 1. The normalized spacial score (nSPS) is 20.1. The summed E-state index contributed by atoms with van der Waals surface area (Å²) in [5, 5.41) is 0. The molecule has 0 spiro atoms. The average Bonchev–Trinajstić information content (AvgIpc) is 2.65. The van der Waals surface area contributed by atoms with Crippen LogP contribution in [-0.2, 0) is 14.4 Å². The van der Waals surface area contributed by atoms with Crippen LogP contribution in [0.5, 0.6) is 0 Å². The first kappa shape index (κ1) is 11.6. The summed E-state index contributed by atoms with van der Waals surface area (Å²) in [7, 11) is 0. The minimum absolute atomic E-state index is 0.0305. The van der Waals surface area contributed by atoms with Gasteiger partial charge in [0.1, 0.15) is 0 Å². The Morgan fingerprint density at radius 3 is 2.67 bits per heavy atom. The van der Waals surface area contributed by atoms with Gasteiger partial charge >= 0.3 is 0 Å². The van der Waals surface area contributed by atoms with Gasteiger partial charge in [-0.05, 0) is 12.8 Å². The Bertz CT molecular complexity index is 309. The maximum atomic E-state index is 11.6. The lowest BCUT2D eigenvalue weighted by Gasteiger charge is -2.21. The van der Waals surface area contributed by atoms with E-state index in [2.05, 4.69) is 6.58 Å². The van der Waals surface area contributed by atoms with Crippen molar-refractivity contribution in [3.8, 4) is 0 Å². The molecule has 1 aliphatic rings. The fourth-order valence-corrected chi connectivity index (χ4v) is 1.83. The Hall–Kier alpha value is -1.45. The molecule has 1 fully saturated rings. The molecule has 0 bridgehead atoms. The van der Waals surface area contributed by atoms with Gasteiger partial charge in [0, 0.05) is 19.9 Å². The van der Waals surface area contributed by atoms with Gasteiger partial charge in [-0.1, -0.05) is 6.08 Å². The zero-order valence-electron chi connectivity index (χ0n) is 8.86. The van der Waals surface area contributed by atoms with Crippen molar-refractivity contribution in [3.05, 3.63) is 12.7 Å². The van der Waals surface area contributed by atoms with Crippen molar-refractivity contribution in [2.24, 2.45) is 0 Å². The summed E-state index contributed by atoms with van der Waals surface area (Å²) in [6, 6.07) is -0.417. The lowest BCUT2D eigenvalue weighted by atomic mass is 10.1. The van der Waals surface area contributed by atoms with Crippen molar-refractivity contribution in [1.82, 2.24) is 4.90 Å². The second kappa shape index (κ2) is 4.87. The molecule has 0 saturated carbocycles. The topological polar surface area (TPSA) is 54.5 Å². The molecule has 0 aromatic rings. The van der Waals surface area contributed by atoms with Gasteiger partial charge in [0.05, 0.1) is 6.04 Å². The number of hydrogen-bond donors (Lipinski definition) is 0. The van der Waals surface area contributed by atoms with Crippen molar-refractivity contribution < 1.29 is 14.4 Å². The van der Waals surface area contributed by atoms with Gasteiger partial charge in [-0.25, -0.2) is 0 Å². The first-order chi connectivity index (χ1) is 7.07. The molecule has 0 radical (unpaired) electrons. The molecule has 82 valence electrons. The summed E-state index contributed by atoms with van der Waals surface area (Å²) in [5.41, 5.74) is 0. The van der Waals surface area contributed by atoms with E-state index < -0.39 is 17.7 Å². The molecule has 1 atom stereocenters. The van der Waals surface area contributed by atoms with Gasteiger partial charge in [-0.15, -0.1) is 6.58 Å². The van der Waals surface area contributed by atoms with Crippen LogP contribution in [0.1, 0.15) is 26.2 Å². The maximum absolute atomic E-state index is 11.6. The molecule has 0 aromatic carbocycles. The Balaban J connectivity index is 2.72. The molecule has 0 N–H and O–H groups in total.